The van der Waals surface area contributed by atoms with Gasteiger partial charge in [-0.15, -0.1) is 11.3 Å². The van der Waals surface area contributed by atoms with Crippen LogP contribution in [0.1, 0.15) is 44.6 Å². The van der Waals surface area contributed by atoms with Crippen LogP contribution in [0.2, 0.25) is 0 Å². The molecule has 2 aromatic heterocycles. The summed E-state index contributed by atoms with van der Waals surface area (Å²) in [6.45, 7) is 15.2. The number of nitrogens with one attached hydrogen (secondary N) is 1. The Labute approximate surface area is 181 Å². The zero-order chi connectivity index (χ0) is 20.4. The van der Waals surface area contributed by atoms with Crippen molar-refractivity contribution in [3.05, 3.63) is 10.4 Å². The van der Waals surface area contributed by atoms with E-state index in [0.29, 0.717) is 11.9 Å². The summed E-state index contributed by atoms with van der Waals surface area (Å²) in [6, 6.07) is 0. The van der Waals surface area contributed by atoms with Crippen LogP contribution in [0.5, 0.6) is 0 Å². The highest BCUT2D eigenvalue weighted by Crippen LogP contribution is 2.41. The van der Waals surface area contributed by atoms with Gasteiger partial charge in [0.2, 0.25) is 0 Å². The Bertz CT molecular complexity index is 847. The summed E-state index contributed by atoms with van der Waals surface area (Å²) in [5.74, 6) is 0.996. The summed E-state index contributed by atoms with van der Waals surface area (Å²) >= 11 is 3.49. The molecule has 0 spiro atoms. The Morgan fingerprint density at radius 2 is 2.03 bits per heavy atom. The van der Waals surface area contributed by atoms with Gasteiger partial charge in [-0.25, -0.2) is 9.97 Å². The van der Waals surface area contributed by atoms with Crippen LogP contribution in [0.25, 0.3) is 10.2 Å². The molecule has 0 saturated carbocycles. The van der Waals surface area contributed by atoms with Crippen molar-refractivity contribution in [3.63, 3.8) is 0 Å². The Hall–Kier alpha value is -0.930. The molecule has 1 saturated heterocycles. The van der Waals surface area contributed by atoms with E-state index in [-0.39, 0.29) is 5.60 Å². The molecule has 2 aromatic rings. The summed E-state index contributed by atoms with van der Waals surface area (Å²) in [6.07, 6.45) is 2.00. The van der Waals surface area contributed by atoms with Gasteiger partial charge in [-0.1, -0.05) is 25.6 Å². The number of hydrogen-bond acceptors (Lipinski definition) is 8. The average Bonchev–Trinajstić information content (AvgIpc) is 3.02. The molecule has 160 valence electrons. The van der Waals surface area contributed by atoms with E-state index in [2.05, 4.69) is 37.9 Å². The molecule has 0 aromatic carbocycles. The number of hydrogen-bond donors (Lipinski definition) is 1. The van der Waals surface area contributed by atoms with E-state index in [1.165, 1.54) is 15.8 Å². The lowest BCUT2D eigenvalue weighted by atomic mass is 9.94. The van der Waals surface area contributed by atoms with Crippen LogP contribution in [-0.2, 0) is 22.5 Å². The smallest absolute Gasteiger partial charge is 0.191 e. The van der Waals surface area contributed by atoms with Crippen molar-refractivity contribution in [1.29, 1.82) is 0 Å². The molecule has 4 rings (SSSR count). The second-order valence-corrected chi connectivity index (χ2v) is 11.3. The summed E-state index contributed by atoms with van der Waals surface area (Å²) < 4.78 is 11.5. The molecule has 0 atom stereocenters. The molecular formula is C21H32N4O2S2. The predicted molar refractivity (Wildman–Crippen MR) is 121 cm³/mol. The number of rotatable bonds is 7. The minimum atomic E-state index is -0.139. The first-order valence-electron chi connectivity index (χ1n) is 10.6. The third-order valence-corrected chi connectivity index (χ3v) is 7.26. The molecule has 2 aliphatic rings. The number of fused-ring (bicyclic) bond motifs is 3. The predicted octanol–water partition coefficient (Wildman–Crippen LogP) is 4.18. The Balaban J connectivity index is 1.55. The second-order valence-electron chi connectivity index (χ2n) is 8.66. The van der Waals surface area contributed by atoms with Crippen molar-refractivity contribution in [2.45, 2.75) is 63.2 Å². The van der Waals surface area contributed by atoms with E-state index in [4.69, 9.17) is 19.4 Å². The highest BCUT2D eigenvalue weighted by atomic mass is 32.2. The first-order valence-corrected chi connectivity index (χ1v) is 12.3. The van der Waals surface area contributed by atoms with Crippen molar-refractivity contribution < 1.29 is 9.47 Å². The second kappa shape index (κ2) is 9.06. The number of anilines is 1. The van der Waals surface area contributed by atoms with Gasteiger partial charge in [0.05, 0.1) is 30.8 Å². The van der Waals surface area contributed by atoms with E-state index in [9.17, 15) is 0 Å². The van der Waals surface area contributed by atoms with Gasteiger partial charge in [0.1, 0.15) is 10.6 Å². The molecular weight excluding hydrogens is 404 g/mol. The van der Waals surface area contributed by atoms with E-state index >= 15 is 0 Å². The van der Waals surface area contributed by atoms with Crippen molar-refractivity contribution in [1.82, 2.24) is 14.9 Å². The van der Waals surface area contributed by atoms with Crippen LogP contribution >= 0.6 is 23.1 Å². The van der Waals surface area contributed by atoms with E-state index in [1.54, 1.807) is 23.1 Å². The van der Waals surface area contributed by atoms with Crippen molar-refractivity contribution in [3.8, 4) is 0 Å². The monoisotopic (exact) mass is 436 g/mol. The van der Waals surface area contributed by atoms with Gasteiger partial charge in [-0.2, -0.15) is 0 Å². The summed E-state index contributed by atoms with van der Waals surface area (Å²) in [5.41, 5.74) is 1.23. The lowest BCUT2D eigenvalue weighted by Crippen LogP contribution is -2.37. The highest BCUT2D eigenvalue weighted by Gasteiger charge is 2.31. The topological polar surface area (TPSA) is 59.5 Å². The largest absolute Gasteiger partial charge is 0.379 e. The van der Waals surface area contributed by atoms with Crippen LogP contribution < -0.4 is 5.32 Å². The minimum Gasteiger partial charge on any atom is -0.379 e. The number of thiophene rings is 1. The highest BCUT2D eigenvalue weighted by molar-refractivity contribution is 7.99. The van der Waals surface area contributed by atoms with Gasteiger partial charge >= 0.3 is 0 Å². The number of aromatic nitrogens is 2. The number of ether oxygens (including phenoxy) is 2. The molecule has 1 N–H and O–H groups in total. The first kappa shape index (κ1) is 21.3. The molecule has 2 aliphatic heterocycles. The molecule has 0 amide bonds. The zero-order valence-electron chi connectivity index (χ0n) is 17.9. The molecule has 6 nitrogen and oxygen atoms in total. The fraction of sp³-hybridized carbons (Fsp3) is 0.714. The fourth-order valence-corrected chi connectivity index (χ4v) is 5.72. The third kappa shape index (κ3) is 5.22. The standard InChI is InChI=1S/C21H32N4O2S2/c1-14(2)28-20-23-18(22-6-5-7-25-8-10-26-11-9-25)17-15-12-21(3,4)27-13-16(15)29-19(17)24-20/h14H,5-13H2,1-4H3,(H,22,23,24). The number of nitrogens with zero attached hydrogens (tertiary/aromatic N) is 3. The van der Waals surface area contributed by atoms with E-state index in [1.807, 2.05) is 0 Å². The summed E-state index contributed by atoms with van der Waals surface area (Å²) in [4.78, 5) is 14.7. The lowest BCUT2D eigenvalue weighted by molar-refractivity contribution is -0.0379. The van der Waals surface area contributed by atoms with Crippen LogP contribution in [0.15, 0.2) is 5.16 Å². The summed E-state index contributed by atoms with van der Waals surface area (Å²) in [7, 11) is 0. The normalized spacial score (nSPS) is 19.6. The van der Waals surface area contributed by atoms with Gasteiger partial charge in [0.15, 0.2) is 5.16 Å². The molecule has 0 radical (unpaired) electrons. The average molecular weight is 437 g/mol. The zero-order valence-corrected chi connectivity index (χ0v) is 19.5. The molecule has 8 heteroatoms. The van der Waals surface area contributed by atoms with Crippen LogP contribution in [0, 0.1) is 0 Å². The minimum absolute atomic E-state index is 0.139. The first-order chi connectivity index (χ1) is 13.9. The van der Waals surface area contributed by atoms with Gasteiger partial charge < -0.3 is 14.8 Å². The van der Waals surface area contributed by atoms with E-state index in [0.717, 1.165) is 68.0 Å². The Morgan fingerprint density at radius 1 is 1.24 bits per heavy atom. The molecule has 0 bridgehead atoms. The lowest BCUT2D eigenvalue weighted by Gasteiger charge is -2.30. The van der Waals surface area contributed by atoms with E-state index < -0.39 is 0 Å². The summed E-state index contributed by atoms with van der Waals surface area (Å²) in [5, 5.41) is 6.18. The molecule has 0 unspecified atom stereocenters. The van der Waals surface area contributed by atoms with Gasteiger partial charge in [0, 0.05) is 36.2 Å². The molecule has 4 heterocycles. The Kier molecular flexibility index (Phi) is 6.65. The van der Waals surface area contributed by atoms with Crippen LogP contribution in [-0.4, -0.2) is 65.1 Å². The quantitative estimate of drug-likeness (QED) is 0.397. The SMILES string of the molecule is CC(C)Sc1nc(NCCCN2CCOCC2)c2c3c(sc2n1)COC(C)(C)C3. The molecule has 1 fully saturated rings. The fourth-order valence-electron chi connectivity index (χ4n) is 3.85. The number of morpholine rings is 1. The maximum absolute atomic E-state index is 6.04. The van der Waals surface area contributed by atoms with Gasteiger partial charge in [-0.3, -0.25) is 4.90 Å². The molecule has 29 heavy (non-hydrogen) atoms. The van der Waals surface area contributed by atoms with Crippen molar-refractivity contribution >= 4 is 39.1 Å². The van der Waals surface area contributed by atoms with Crippen LogP contribution in [0.4, 0.5) is 5.82 Å². The maximum atomic E-state index is 6.04. The van der Waals surface area contributed by atoms with Gasteiger partial charge in [0.25, 0.3) is 0 Å². The molecule has 0 aliphatic carbocycles. The Morgan fingerprint density at radius 3 is 2.79 bits per heavy atom. The van der Waals surface area contributed by atoms with Gasteiger partial charge in [-0.05, 0) is 32.4 Å². The van der Waals surface area contributed by atoms with Crippen LogP contribution in [0.3, 0.4) is 0 Å². The third-order valence-electron chi connectivity index (χ3n) is 5.30. The van der Waals surface area contributed by atoms with Crippen molar-refractivity contribution in [2.75, 3.05) is 44.7 Å². The number of thioether (sulfide) groups is 1. The maximum Gasteiger partial charge on any atom is 0.191 e. The van der Waals surface area contributed by atoms with Crippen molar-refractivity contribution in [2.24, 2.45) is 0 Å².